The highest BCUT2D eigenvalue weighted by Crippen LogP contribution is 2.25. The summed E-state index contributed by atoms with van der Waals surface area (Å²) in [7, 11) is 0. The molecule has 0 unspecified atom stereocenters. The molecule has 106 valence electrons. The average Bonchev–Trinajstić information content (AvgIpc) is 2.47. The first-order chi connectivity index (χ1) is 10.1. The molecule has 0 saturated heterocycles. The van der Waals surface area contributed by atoms with Crippen LogP contribution in [0.2, 0.25) is 5.02 Å². The van der Waals surface area contributed by atoms with Gasteiger partial charge in [0.15, 0.2) is 0 Å². The maximum atomic E-state index is 6.09. The van der Waals surface area contributed by atoms with Gasteiger partial charge in [0.1, 0.15) is 12.4 Å². The molecule has 0 spiro atoms. The first-order valence-corrected chi connectivity index (χ1v) is 7.43. The highest BCUT2D eigenvalue weighted by atomic mass is 79.9. The van der Waals surface area contributed by atoms with E-state index in [4.69, 9.17) is 22.8 Å². The third kappa shape index (κ3) is 4.35. The fourth-order valence-corrected chi connectivity index (χ4v) is 2.23. The van der Waals surface area contributed by atoms with Crippen molar-refractivity contribution >= 4 is 39.4 Å². The molecule has 0 atom stereocenters. The first-order valence-electron chi connectivity index (χ1n) is 6.26. The van der Waals surface area contributed by atoms with E-state index in [1.807, 2.05) is 43.3 Å². The Morgan fingerprint density at radius 1 is 1.33 bits per heavy atom. The van der Waals surface area contributed by atoms with Gasteiger partial charge in [-0.05, 0) is 42.8 Å². The largest absolute Gasteiger partial charge is 0.480 e. The summed E-state index contributed by atoms with van der Waals surface area (Å²) in [5.74, 6) is 3.14. The van der Waals surface area contributed by atoms with E-state index in [-0.39, 0.29) is 6.61 Å². The van der Waals surface area contributed by atoms with Gasteiger partial charge >= 0.3 is 0 Å². The number of nitrogens with zero attached hydrogens (tertiary/aromatic N) is 1. The minimum Gasteiger partial charge on any atom is -0.480 e. The Bertz CT molecular complexity index is 719. The maximum Gasteiger partial charge on any atom is 0.148 e. The topological polar surface area (TPSA) is 21.6 Å². The molecule has 0 aromatic heterocycles. The van der Waals surface area contributed by atoms with Crippen LogP contribution < -0.4 is 4.74 Å². The van der Waals surface area contributed by atoms with Crippen LogP contribution in [-0.4, -0.2) is 12.8 Å². The van der Waals surface area contributed by atoms with Crippen LogP contribution in [0.1, 0.15) is 11.1 Å². The molecule has 0 aliphatic rings. The molecule has 0 bridgehead atoms. The summed E-state index contributed by atoms with van der Waals surface area (Å²) < 4.78 is 6.44. The van der Waals surface area contributed by atoms with Gasteiger partial charge < -0.3 is 4.74 Å². The van der Waals surface area contributed by atoms with E-state index in [1.54, 1.807) is 6.21 Å². The molecule has 0 saturated carbocycles. The summed E-state index contributed by atoms with van der Waals surface area (Å²) in [5, 5.41) is 0.697. The van der Waals surface area contributed by atoms with E-state index in [0.717, 1.165) is 21.3 Å². The minimum atomic E-state index is 0.221. The van der Waals surface area contributed by atoms with Gasteiger partial charge in [-0.2, -0.15) is 0 Å². The third-order valence-corrected chi connectivity index (χ3v) is 3.69. The van der Waals surface area contributed by atoms with Crippen molar-refractivity contribution in [3.8, 4) is 18.1 Å². The Kier molecular flexibility index (Phi) is 5.44. The van der Waals surface area contributed by atoms with Crippen LogP contribution in [-0.2, 0) is 0 Å². The van der Waals surface area contributed by atoms with Gasteiger partial charge in [-0.1, -0.05) is 39.5 Å². The summed E-state index contributed by atoms with van der Waals surface area (Å²) in [5.41, 5.74) is 2.65. The van der Waals surface area contributed by atoms with Gasteiger partial charge in [0.2, 0.25) is 0 Å². The second-order valence-electron chi connectivity index (χ2n) is 4.37. The fourth-order valence-electron chi connectivity index (χ4n) is 1.68. The second-order valence-corrected chi connectivity index (χ2v) is 5.69. The van der Waals surface area contributed by atoms with Gasteiger partial charge in [0.25, 0.3) is 0 Å². The molecular weight excluding hydrogens is 350 g/mol. The molecule has 0 aliphatic heterocycles. The highest BCUT2D eigenvalue weighted by molar-refractivity contribution is 9.10. The lowest BCUT2D eigenvalue weighted by molar-refractivity contribution is 0.370. The van der Waals surface area contributed by atoms with E-state index < -0.39 is 0 Å². The first kappa shape index (κ1) is 15.6. The van der Waals surface area contributed by atoms with Crippen molar-refractivity contribution in [3.05, 3.63) is 57.0 Å². The maximum absolute atomic E-state index is 6.09. The van der Waals surface area contributed by atoms with Gasteiger partial charge in [-0.15, -0.1) is 6.42 Å². The molecule has 0 amide bonds. The Balaban J connectivity index is 2.28. The Morgan fingerprint density at radius 3 is 2.86 bits per heavy atom. The van der Waals surface area contributed by atoms with E-state index in [1.165, 1.54) is 0 Å². The molecule has 2 nitrogen and oxygen atoms in total. The number of terminal acetylenes is 1. The lowest BCUT2D eigenvalue weighted by Gasteiger charge is -2.06. The molecule has 0 aliphatic carbocycles. The molecule has 2 rings (SSSR count). The zero-order valence-electron chi connectivity index (χ0n) is 11.4. The van der Waals surface area contributed by atoms with Crippen molar-refractivity contribution in [1.82, 2.24) is 0 Å². The summed E-state index contributed by atoms with van der Waals surface area (Å²) in [4.78, 5) is 4.43. The number of ether oxygens (including phenoxy) is 1. The lowest BCUT2D eigenvalue weighted by Crippen LogP contribution is -1.97. The number of hydrogen-bond acceptors (Lipinski definition) is 2. The molecule has 2 aromatic rings. The molecular formula is C17H13BrClNO. The Labute approximate surface area is 137 Å². The quantitative estimate of drug-likeness (QED) is 0.543. The van der Waals surface area contributed by atoms with Crippen LogP contribution in [0.5, 0.6) is 5.75 Å². The molecule has 0 radical (unpaired) electrons. The number of hydrogen-bond donors (Lipinski definition) is 0. The van der Waals surface area contributed by atoms with Crippen molar-refractivity contribution in [2.24, 2.45) is 4.99 Å². The van der Waals surface area contributed by atoms with E-state index in [9.17, 15) is 0 Å². The predicted molar refractivity (Wildman–Crippen MR) is 91.9 cm³/mol. The van der Waals surface area contributed by atoms with Crippen molar-refractivity contribution in [2.75, 3.05) is 6.61 Å². The lowest BCUT2D eigenvalue weighted by atomic mass is 10.2. The van der Waals surface area contributed by atoms with Crippen LogP contribution >= 0.6 is 27.5 Å². The predicted octanol–water partition coefficient (Wildman–Crippen LogP) is 5.17. The number of halogens is 2. The molecule has 0 fully saturated rings. The summed E-state index contributed by atoms with van der Waals surface area (Å²) >= 11 is 9.53. The van der Waals surface area contributed by atoms with Gasteiger partial charge in [0.05, 0.1) is 5.69 Å². The van der Waals surface area contributed by atoms with Crippen molar-refractivity contribution in [1.29, 1.82) is 0 Å². The van der Waals surface area contributed by atoms with Gasteiger partial charge in [0, 0.05) is 21.3 Å². The monoisotopic (exact) mass is 361 g/mol. The number of rotatable bonds is 4. The van der Waals surface area contributed by atoms with Gasteiger partial charge in [-0.3, -0.25) is 4.99 Å². The molecule has 21 heavy (non-hydrogen) atoms. The van der Waals surface area contributed by atoms with Crippen LogP contribution in [0.25, 0.3) is 0 Å². The molecule has 0 N–H and O–H groups in total. The van der Waals surface area contributed by atoms with Crippen LogP contribution in [0.3, 0.4) is 0 Å². The molecule has 4 heteroatoms. The zero-order valence-corrected chi connectivity index (χ0v) is 13.8. The van der Waals surface area contributed by atoms with Crippen LogP contribution in [0.15, 0.2) is 45.9 Å². The second kappa shape index (κ2) is 7.31. The van der Waals surface area contributed by atoms with Crippen molar-refractivity contribution < 1.29 is 4.74 Å². The highest BCUT2D eigenvalue weighted by Gasteiger charge is 2.03. The molecule has 0 heterocycles. The normalized spacial score (nSPS) is 10.6. The third-order valence-electron chi connectivity index (χ3n) is 2.79. The smallest absolute Gasteiger partial charge is 0.148 e. The number of aryl methyl sites for hydroxylation is 1. The SMILES string of the molecule is C#CCOc1ccc(Br)cc1C=Nc1ccc(C)c(Cl)c1. The van der Waals surface area contributed by atoms with E-state index in [2.05, 4.69) is 26.8 Å². The average molecular weight is 363 g/mol. The summed E-state index contributed by atoms with van der Waals surface area (Å²) in [6.07, 6.45) is 6.95. The van der Waals surface area contributed by atoms with E-state index >= 15 is 0 Å². The standard InChI is InChI=1S/C17H13BrClNO/c1-3-8-21-17-7-5-14(18)9-13(17)11-20-15-6-4-12(2)16(19)10-15/h1,4-7,9-11H,8H2,2H3. The number of aliphatic imine (C=N–C) groups is 1. The Hall–Kier alpha value is -1.76. The van der Waals surface area contributed by atoms with Crippen LogP contribution in [0, 0.1) is 19.3 Å². The van der Waals surface area contributed by atoms with Crippen molar-refractivity contribution in [2.45, 2.75) is 6.92 Å². The van der Waals surface area contributed by atoms with Crippen LogP contribution in [0.4, 0.5) is 5.69 Å². The molecule has 2 aromatic carbocycles. The number of benzene rings is 2. The van der Waals surface area contributed by atoms with E-state index in [0.29, 0.717) is 10.8 Å². The zero-order chi connectivity index (χ0) is 15.2. The summed E-state index contributed by atoms with van der Waals surface area (Å²) in [6, 6.07) is 11.3. The Morgan fingerprint density at radius 2 is 2.14 bits per heavy atom. The fraction of sp³-hybridized carbons (Fsp3) is 0.118. The van der Waals surface area contributed by atoms with Crippen molar-refractivity contribution in [3.63, 3.8) is 0 Å². The van der Waals surface area contributed by atoms with Gasteiger partial charge in [-0.25, -0.2) is 0 Å². The minimum absolute atomic E-state index is 0.221. The summed E-state index contributed by atoms with van der Waals surface area (Å²) in [6.45, 7) is 2.18.